The third kappa shape index (κ3) is 5.96. The van der Waals surface area contributed by atoms with Crippen molar-refractivity contribution in [2.24, 2.45) is 5.10 Å². The normalized spacial score (nSPS) is 14.0. The molecule has 11 heteroatoms. The van der Waals surface area contributed by atoms with Crippen LogP contribution < -0.4 is 10.2 Å². The molecular weight excluding hydrogens is 446 g/mol. The van der Waals surface area contributed by atoms with Crippen LogP contribution in [0.1, 0.15) is 5.56 Å². The smallest absolute Gasteiger partial charge is 0.287 e. The Labute approximate surface area is 174 Å². The summed E-state index contributed by atoms with van der Waals surface area (Å²) in [4.78, 5) is 27.9. The van der Waals surface area contributed by atoms with E-state index in [-0.39, 0.29) is 18.2 Å². The van der Waals surface area contributed by atoms with Crippen molar-refractivity contribution in [3.05, 3.63) is 56.7 Å². The van der Waals surface area contributed by atoms with Crippen molar-refractivity contribution < 1.29 is 19.2 Å². The first-order valence-corrected chi connectivity index (χ1v) is 9.49. The summed E-state index contributed by atoms with van der Waals surface area (Å²) in [7, 11) is 0. The minimum atomic E-state index is -0.518. The second-order valence-corrected chi connectivity index (χ2v) is 6.85. The molecular formula is C18H18BrN5O5. The summed E-state index contributed by atoms with van der Waals surface area (Å²) >= 11 is 3.42. The zero-order chi connectivity index (χ0) is 20.6. The molecule has 1 N–H and O–H groups in total. The Bertz CT molecular complexity index is 900. The molecule has 0 atom stereocenters. The van der Waals surface area contributed by atoms with Gasteiger partial charge in [-0.2, -0.15) is 5.10 Å². The van der Waals surface area contributed by atoms with Gasteiger partial charge in [-0.3, -0.25) is 20.3 Å². The number of nitrogens with zero attached hydrogens (tertiary/aromatic N) is 4. The number of ether oxygens (including phenoxy) is 2. The number of hydrazone groups is 1. The van der Waals surface area contributed by atoms with Crippen LogP contribution >= 0.6 is 15.9 Å². The molecule has 0 aliphatic carbocycles. The van der Waals surface area contributed by atoms with Crippen molar-refractivity contribution in [1.29, 1.82) is 0 Å². The summed E-state index contributed by atoms with van der Waals surface area (Å²) in [5.74, 6) is 0.854. The number of aromatic nitrogens is 1. The van der Waals surface area contributed by atoms with Crippen LogP contribution in [0.4, 0.5) is 11.5 Å². The van der Waals surface area contributed by atoms with Gasteiger partial charge in [-0.05, 0) is 45.8 Å². The maximum atomic E-state index is 12.1. The fraction of sp³-hybridized carbons (Fsp3) is 0.278. The third-order valence-corrected chi connectivity index (χ3v) is 4.64. The molecule has 1 aliphatic heterocycles. The van der Waals surface area contributed by atoms with E-state index in [0.29, 0.717) is 42.3 Å². The van der Waals surface area contributed by atoms with Crippen LogP contribution in [0.25, 0.3) is 0 Å². The van der Waals surface area contributed by atoms with Crippen LogP contribution in [0.5, 0.6) is 5.75 Å². The predicted octanol–water partition coefficient (Wildman–Crippen LogP) is 2.44. The first-order valence-electron chi connectivity index (χ1n) is 8.70. The lowest BCUT2D eigenvalue weighted by Gasteiger charge is -2.26. The highest BCUT2D eigenvalue weighted by molar-refractivity contribution is 9.10. The Morgan fingerprint density at radius 3 is 2.83 bits per heavy atom. The molecule has 0 unspecified atom stereocenters. The van der Waals surface area contributed by atoms with Crippen LogP contribution in [-0.4, -0.2) is 59.8 Å². The highest BCUT2D eigenvalue weighted by Crippen LogP contribution is 2.25. The standard InChI is InChI=1S/C18H18BrN5O5/c19-15-9-13(10-21-22-17-4-2-14(11-20-17)24(26)27)1-3-16(15)29-12-18(25)23-5-7-28-8-6-23/h1-4,9-11H,5-8,12H2,(H,20,22)/b21-10-. The number of hydrogen-bond acceptors (Lipinski definition) is 8. The summed E-state index contributed by atoms with van der Waals surface area (Å²) in [5, 5.41) is 14.7. The van der Waals surface area contributed by atoms with Crippen molar-refractivity contribution >= 4 is 39.6 Å². The third-order valence-electron chi connectivity index (χ3n) is 4.02. The van der Waals surface area contributed by atoms with Crippen molar-refractivity contribution in [2.75, 3.05) is 38.3 Å². The molecule has 1 aromatic carbocycles. The number of pyridine rings is 1. The molecule has 1 amide bonds. The number of benzene rings is 1. The highest BCUT2D eigenvalue weighted by Gasteiger charge is 2.17. The van der Waals surface area contributed by atoms with Crippen LogP contribution in [0.3, 0.4) is 0 Å². The molecule has 0 radical (unpaired) electrons. The van der Waals surface area contributed by atoms with Gasteiger partial charge in [-0.25, -0.2) is 4.98 Å². The van der Waals surface area contributed by atoms with E-state index >= 15 is 0 Å². The molecule has 0 spiro atoms. The molecule has 152 valence electrons. The lowest BCUT2D eigenvalue weighted by molar-refractivity contribution is -0.385. The molecule has 1 fully saturated rings. The van der Waals surface area contributed by atoms with Crippen molar-refractivity contribution in [3.63, 3.8) is 0 Å². The van der Waals surface area contributed by atoms with Crippen LogP contribution in [0.2, 0.25) is 0 Å². The molecule has 0 saturated carbocycles. The number of amides is 1. The largest absolute Gasteiger partial charge is 0.483 e. The Hall–Kier alpha value is -3.05. The number of carbonyl (C=O) groups is 1. The number of nitrogens with one attached hydrogen (secondary N) is 1. The Morgan fingerprint density at radius 2 is 2.17 bits per heavy atom. The van der Waals surface area contributed by atoms with E-state index in [1.54, 1.807) is 29.3 Å². The quantitative estimate of drug-likeness (QED) is 0.380. The summed E-state index contributed by atoms with van der Waals surface area (Å²) in [6.45, 7) is 2.21. The van der Waals surface area contributed by atoms with Crippen LogP contribution in [-0.2, 0) is 9.53 Å². The second-order valence-electron chi connectivity index (χ2n) is 6.00. The summed E-state index contributed by atoms with van der Waals surface area (Å²) < 4.78 is 11.5. The molecule has 1 aromatic heterocycles. The average Bonchev–Trinajstić information content (AvgIpc) is 2.74. The Morgan fingerprint density at radius 1 is 1.38 bits per heavy atom. The zero-order valence-electron chi connectivity index (χ0n) is 15.3. The first-order chi connectivity index (χ1) is 14.0. The molecule has 3 rings (SSSR count). The number of carbonyl (C=O) groups excluding carboxylic acids is 1. The van der Waals surface area contributed by atoms with Gasteiger partial charge in [-0.1, -0.05) is 0 Å². The van der Waals surface area contributed by atoms with E-state index in [9.17, 15) is 14.9 Å². The van der Waals surface area contributed by atoms with Gasteiger partial charge >= 0.3 is 0 Å². The monoisotopic (exact) mass is 463 g/mol. The Balaban J connectivity index is 1.52. The van der Waals surface area contributed by atoms with Gasteiger partial charge in [0.1, 0.15) is 17.8 Å². The van der Waals surface area contributed by atoms with Crippen molar-refractivity contribution in [2.45, 2.75) is 0 Å². The maximum absolute atomic E-state index is 12.1. The fourth-order valence-electron chi connectivity index (χ4n) is 2.49. The number of anilines is 1. The number of hydrogen-bond donors (Lipinski definition) is 1. The van der Waals surface area contributed by atoms with E-state index < -0.39 is 4.92 Å². The van der Waals surface area contributed by atoms with E-state index in [2.05, 4.69) is 31.4 Å². The van der Waals surface area contributed by atoms with Crippen molar-refractivity contribution in [3.8, 4) is 5.75 Å². The number of halogens is 1. The molecule has 0 bridgehead atoms. The molecule has 1 saturated heterocycles. The molecule has 2 aromatic rings. The number of nitro groups is 1. The zero-order valence-corrected chi connectivity index (χ0v) is 16.9. The maximum Gasteiger partial charge on any atom is 0.287 e. The summed E-state index contributed by atoms with van der Waals surface area (Å²) in [5.41, 5.74) is 3.38. The lowest BCUT2D eigenvalue weighted by atomic mass is 10.2. The van der Waals surface area contributed by atoms with Gasteiger partial charge in [0.2, 0.25) is 0 Å². The van der Waals surface area contributed by atoms with Gasteiger partial charge in [0.05, 0.1) is 28.8 Å². The Kier molecular flexibility index (Phi) is 7.09. The van der Waals surface area contributed by atoms with E-state index in [1.807, 2.05) is 0 Å². The predicted molar refractivity (Wildman–Crippen MR) is 109 cm³/mol. The average molecular weight is 464 g/mol. The topological polar surface area (TPSA) is 119 Å². The molecule has 10 nitrogen and oxygen atoms in total. The molecule has 29 heavy (non-hydrogen) atoms. The summed E-state index contributed by atoms with van der Waals surface area (Å²) in [6, 6.07) is 8.12. The van der Waals surface area contributed by atoms with Gasteiger partial charge in [0, 0.05) is 19.2 Å². The number of rotatable bonds is 7. The SMILES string of the molecule is O=C(COc1ccc(/C=N\Nc2ccc([N+](=O)[O-])cn2)cc1Br)N1CCOCC1. The second kappa shape index (κ2) is 9.94. The van der Waals surface area contributed by atoms with Crippen molar-refractivity contribution in [1.82, 2.24) is 9.88 Å². The minimum absolute atomic E-state index is 0.0423. The van der Waals surface area contributed by atoms with Gasteiger partial charge in [0.15, 0.2) is 6.61 Å². The van der Waals surface area contributed by atoms with E-state index in [4.69, 9.17) is 9.47 Å². The fourth-order valence-corrected chi connectivity index (χ4v) is 3.00. The highest BCUT2D eigenvalue weighted by atomic mass is 79.9. The van der Waals surface area contributed by atoms with Gasteiger partial charge in [-0.15, -0.1) is 0 Å². The van der Waals surface area contributed by atoms with E-state index in [0.717, 1.165) is 11.8 Å². The van der Waals surface area contributed by atoms with Crippen LogP contribution in [0.15, 0.2) is 46.1 Å². The molecule has 2 heterocycles. The van der Waals surface area contributed by atoms with E-state index in [1.165, 1.54) is 12.1 Å². The van der Waals surface area contributed by atoms with Gasteiger partial charge < -0.3 is 14.4 Å². The summed E-state index contributed by atoms with van der Waals surface area (Å²) in [6.07, 6.45) is 2.72. The number of morpholine rings is 1. The molecule has 1 aliphatic rings. The first kappa shape index (κ1) is 20.7. The van der Waals surface area contributed by atoms with Gasteiger partial charge in [0.25, 0.3) is 11.6 Å². The van der Waals surface area contributed by atoms with Crippen LogP contribution in [0, 0.1) is 10.1 Å². The minimum Gasteiger partial charge on any atom is -0.483 e. The lowest BCUT2D eigenvalue weighted by Crippen LogP contribution is -2.43.